The van der Waals surface area contributed by atoms with Crippen LogP contribution in [0.2, 0.25) is 0 Å². The molecular formula is C15H20. The van der Waals surface area contributed by atoms with Crippen LogP contribution in [0.4, 0.5) is 0 Å². The zero-order valence-corrected chi connectivity index (χ0v) is 9.96. The van der Waals surface area contributed by atoms with Crippen molar-refractivity contribution in [3.8, 4) is 0 Å². The molecule has 0 aromatic heterocycles. The molecule has 1 aromatic carbocycles. The van der Waals surface area contributed by atoms with Gasteiger partial charge >= 0.3 is 0 Å². The van der Waals surface area contributed by atoms with E-state index in [1.54, 1.807) is 6.08 Å². The first-order chi connectivity index (χ1) is 7.29. The molecule has 15 heavy (non-hydrogen) atoms. The molecule has 0 saturated heterocycles. The summed E-state index contributed by atoms with van der Waals surface area (Å²) < 4.78 is 0. The van der Waals surface area contributed by atoms with Crippen molar-refractivity contribution in [2.75, 3.05) is 0 Å². The van der Waals surface area contributed by atoms with Crippen LogP contribution in [0.5, 0.6) is 0 Å². The maximum Gasteiger partial charge on any atom is -0.0155 e. The summed E-state index contributed by atoms with van der Waals surface area (Å²) in [7, 11) is 0. The Bertz CT molecular complexity index is 343. The van der Waals surface area contributed by atoms with Crippen LogP contribution in [0.3, 0.4) is 0 Å². The second kappa shape index (κ2) is 7.81. The van der Waals surface area contributed by atoms with Crippen molar-refractivity contribution in [2.24, 2.45) is 0 Å². The topological polar surface area (TPSA) is 0 Å². The maximum absolute atomic E-state index is 3.78. The first-order valence-corrected chi connectivity index (χ1v) is 5.30. The fourth-order valence-corrected chi connectivity index (χ4v) is 1.29. The van der Waals surface area contributed by atoms with Crippen LogP contribution in [-0.2, 0) is 0 Å². The predicted molar refractivity (Wildman–Crippen MR) is 70.9 cm³/mol. The first kappa shape index (κ1) is 13.4. The van der Waals surface area contributed by atoms with Gasteiger partial charge in [-0.25, -0.2) is 0 Å². The highest BCUT2D eigenvalue weighted by molar-refractivity contribution is 5.76. The largest absolute Gasteiger partial charge is 0.0990 e. The molecule has 1 aromatic rings. The highest BCUT2D eigenvalue weighted by Gasteiger charge is 1.98. The molecule has 0 unspecified atom stereocenters. The van der Waals surface area contributed by atoms with Gasteiger partial charge in [-0.2, -0.15) is 0 Å². The van der Waals surface area contributed by atoms with E-state index in [4.69, 9.17) is 0 Å². The Labute approximate surface area is 93.7 Å². The molecule has 0 heteroatoms. The highest BCUT2D eigenvalue weighted by Crippen LogP contribution is 2.19. The molecule has 0 atom stereocenters. The first-order valence-electron chi connectivity index (χ1n) is 5.30. The van der Waals surface area contributed by atoms with Gasteiger partial charge in [0.15, 0.2) is 0 Å². The minimum atomic E-state index is 1.12. The van der Waals surface area contributed by atoms with Crippen molar-refractivity contribution < 1.29 is 0 Å². The zero-order valence-electron chi connectivity index (χ0n) is 9.96. The number of aryl methyl sites for hydroxylation is 1. The molecule has 0 heterocycles. The molecule has 0 saturated carbocycles. The molecule has 0 radical (unpaired) electrons. The van der Waals surface area contributed by atoms with Gasteiger partial charge in [0.25, 0.3) is 0 Å². The third-order valence-electron chi connectivity index (χ3n) is 1.97. The molecule has 0 N–H and O–H groups in total. The number of hydrogen-bond donors (Lipinski definition) is 0. The Balaban J connectivity index is 0.000000921. The lowest BCUT2D eigenvalue weighted by atomic mass is 10.0. The smallest absolute Gasteiger partial charge is 0.0155 e. The third kappa shape index (κ3) is 3.99. The fourth-order valence-electron chi connectivity index (χ4n) is 1.29. The molecule has 0 aliphatic heterocycles. The summed E-state index contributed by atoms with van der Waals surface area (Å²) in [5, 5.41) is 0. The van der Waals surface area contributed by atoms with Crippen LogP contribution in [-0.4, -0.2) is 0 Å². The van der Waals surface area contributed by atoms with Gasteiger partial charge in [-0.15, -0.1) is 0 Å². The fraction of sp³-hybridized carbons (Fsp3) is 0.200. The van der Waals surface area contributed by atoms with E-state index >= 15 is 0 Å². The molecular weight excluding hydrogens is 180 g/mol. The molecule has 0 spiro atoms. The van der Waals surface area contributed by atoms with Crippen LogP contribution < -0.4 is 0 Å². The monoisotopic (exact) mass is 200 g/mol. The van der Waals surface area contributed by atoms with Gasteiger partial charge in [0.05, 0.1) is 0 Å². The van der Waals surface area contributed by atoms with Crippen LogP contribution >= 0.6 is 0 Å². The summed E-state index contributed by atoms with van der Waals surface area (Å²) >= 11 is 0. The Morgan fingerprint density at radius 2 is 1.73 bits per heavy atom. The van der Waals surface area contributed by atoms with Gasteiger partial charge in [-0.1, -0.05) is 69.5 Å². The van der Waals surface area contributed by atoms with Crippen molar-refractivity contribution in [3.05, 3.63) is 66.8 Å². The molecule has 0 nitrogen and oxygen atoms in total. The van der Waals surface area contributed by atoms with Crippen molar-refractivity contribution in [1.29, 1.82) is 0 Å². The lowest BCUT2D eigenvalue weighted by Gasteiger charge is -2.04. The summed E-state index contributed by atoms with van der Waals surface area (Å²) in [6.07, 6.45) is 5.60. The molecule has 0 aliphatic carbocycles. The standard InChI is InChI=1S/C13H14.C2H6/c1-4-8-12(5-2)13-10-7-6-9-11(13)3;1-2/h4-10H,1-2H2,3H3;1-2H3/b12-8+;. The number of rotatable bonds is 3. The van der Waals surface area contributed by atoms with E-state index in [2.05, 4.69) is 32.2 Å². The zero-order chi connectivity index (χ0) is 11.7. The molecule has 0 amide bonds. The second-order valence-corrected chi connectivity index (χ2v) is 2.88. The van der Waals surface area contributed by atoms with Crippen LogP contribution in [0.15, 0.2) is 55.7 Å². The lowest BCUT2D eigenvalue weighted by molar-refractivity contribution is 1.43. The summed E-state index contributed by atoms with van der Waals surface area (Å²) in [5.41, 5.74) is 3.60. The quantitative estimate of drug-likeness (QED) is 0.616. The maximum atomic E-state index is 3.78. The lowest BCUT2D eigenvalue weighted by Crippen LogP contribution is -1.84. The number of benzene rings is 1. The van der Waals surface area contributed by atoms with Crippen molar-refractivity contribution >= 4 is 5.57 Å². The van der Waals surface area contributed by atoms with Crippen LogP contribution in [0.1, 0.15) is 25.0 Å². The van der Waals surface area contributed by atoms with Gasteiger partial charge in [0.2, 0.25) is 0 Å². The Hall–Kier alpha value is -1.56. The minimum Gasteiger partial charge on any atom is -0.0990 e. The molecule has 0 fully saturated rings. The molecule has 0 aliphatic rings. The van der Waals surface area contributed by atoms with E-state index in [-0.39, 0.29) is 0 Å². The Kier molecular flexibility index (Phi) is 7.00. The third-order valence-corrected chi connectivity index (χ3v) is 1.97. The van der Waals surface area contributed by atoms with Gasteiger partial charge in [0.1, 0.15) is 0 Å². The Morgan fingerprint density at radius 1 is 1.13 bits per heavy atom. The molecule has 0 bridgehead atoms. The highest BCUT2D eigenvalue weighted by atomic mass is 14.0. The summed E-state index contributed by atoms with van der Waals surface area (Å²) in [6.45, 7) is 13.6. The van der Waals surface area contributed by atoms with Gasteiger partial charge in [-0.05, 0) is 23.6 Å². The normalized spacial score (nSPS) is 9.93. The van der Waals surface area contributed by atoms with E-state index in [0.717, 1.165) is 5.57 Å². The van der Waals surface area contributed by atoms with Gasteiger partial charge < -0.3 is 0 Å². The van der Waals surface area contributed by atoms with E-state index in [0.29, 0.717) is 0 Å². The molecule has 80 valence electrons. The van der Waals surface area contributed by atoms with Gasteiger partial charge in [0, 0.05) is 0 Å². The van der Waals surface area contributed by atoms with Crippen LogP contribution in [0, 0.1) is 6.92 Å². The summed E-state index contributed by atoms with van der Waals surface area (Å²) in [5.74, 6) is 0. The van der Waals surface area contributed by atoms with E-state index in [1.807, 2.05) is 38.1 Å². The van der Waals surface area contributed by atoms with Gasteiger partial charge in [-0.3, -0.25) is 0 Å². The number of hydrogen-bond acceptors (Lipinski definition) is 0. The van der Waals surface area contributed by atoms with Crippen molar-refractivity contribution in [1.82, 2.24) is 0 Å². The molecule has 1 rings (SSSR count). The summed E-state index contributed by atoms with van der Waals surface area (Å²) in [4.78, 5) is 0. The second-order valence-electron chi connectivity index (χ2n) is 2.88. The minimum absolute atomic E-state index is 1.12. The average molecular weight is 200 g/mol. The predicted octanol–water partition coefficient (Wildman–Crippen LogP) is 4.78. The average Bonchev–Trinajstić information content (AvgIpc) is 2.30. The SMILES string of the molecule is C=C/C=C(\C=C)c1ccccc1C.CC. The van der Waals surface area contributed by atoms with Crippen molar-refractivity contribution in [2.45, 2.75) is 20.8 Å². The van der Waals surface area contributed by atoms with E-state index in [1.165, 1.54) is 11.1 Å². The Morgan fingerprint density at radius 3 is 2.20 bits per heavy atom. The van der Waals surface area contributed by atoms with E-state index < -0.39 is 0 Å². The van der Waals surface area contributed by atoms with Crippen molar-refractivity contribution in [3.63, 3.8) is 0 Å². The van der Waals surface area contributed by atoms with Crippen LogP contribution in [0.25, 0.3) is 5.57 Å². The van der Waals surface area contributed by atoms with E-state index in [9.17, 15) is 0 Å². The number of allylic oxidation sites excluding steroid dienone is 4. The summed E-state index contributed by atoms with van der Waals surface area (Å²) in [6, 6.07) is 8.25.